The molecule has 0 unspecified atom stereocenters. The molecule has 20 heavy (non-hydrogen) atoms. The van der Waals surface area contributed by atoms with E-state index in [0.29, 0.717) is 17.4 Å². The highest BCUT2D eigenvalue weighted by atomic mass is 35.5. The topological polar surface area (TPSA) is 40.5 Å². The van der Waals surface area contributed by atoms with Gasteiger partial charge in [-0.15, -0.1) is 0 Å². The first kappa shape index (κ1) is 15.3. The molecule has 3 nitrogen and oxygen atoms in total. The summed E-state index contributed by atoms with van der Waals surface area (Å²) >= 11 is 6.19. The Morgan fingerprint density at radius 2 is 2.25 bits per heavy atom. The first-order valence-corrected chi connectivity index (χ1v) is 7.54. The quantitative estimate of drug-likeness (QED) is 0.931. The van der Waals surface area contributed by atoms with E-state index in [1.54, 1.807) is 0 Å². The van der Waals surface area contributed by atoms with Gasteiger partial charge >= 0.3 is 0 Å². The van der Waals surface area contributed by atoms with Crippen molar-refractivity contribution >= 4 is 17.5 Å². The van der Waals surface area contributed by atoms with Crippen LogP contribution in [0.3, 0.4) is 0 Å². The van der Waals surface area contributed by atoms with Crippen molar-refractivity contribution in [1.82, 2.24) is 4.90 Å². The molecule has 2 atom stereocenters. The average Bonchev–Trinajstić information content (AvgIpc) is 2.41. The zero-order valence-corrected chi connectivity index (χ0v) is 12.9. The van der Waals surface area contributed by atoms with Gasteiger partial charge in [-0.25, -0.2) is 0 Å². The molecule has 1 heterocycles. The molecule has 1 saturated heterocycles. The third kappa shape index (κ3) is 3.53. The third-order valence-corrected chi connectivity index (χ3v) is 4.47. The number of carbonyl (C=O) groups excluding carboxylic acids is 1. The number of hydrogen-bond donors (Lipinski definition) is 1. The summed E-state index contributed by atoms with van der Waals surface area (Å²) < 4.78 is 0. The second kappa shape index (κ2) is 6.59. The number of rotatable bonds is 3. The molecule has 1 aromatic rings. The van der Waals surface area contributed by atoms with Crippen LogP contribution in [0.2, 0.25) is 5.02 Å². The average molecular weight is 296 g/mol. The number of halogens is 1. The second-order valence-corrected chi connectivity index (χ2v) is 6.19. The highest BCUT2D eigenvalue weighted by molar-refractivity contribution is 6.31. The van der Waals surface area contributed by atoms with Crippen LogP contribution < -0.4 is 0 Å². The lowest BCUT2D eigenvalue weighted by molar-refractivity contribution is -0.134. The van der Waals surface area contributed by atoms with Gasteiger partial charge in [-0.1, -0.05) is 23.7 Å². The summed E-state index contributed by atoms with van der Waals surface area (Å²) in [5, 5.41) is 9.87. The minimum atomic E-state index is 0.125. The first-order valence-electron chi connectivity index (χ1n) is 7.16. The number of likely N-dealkylation sites (tertiary alicyclic amines) is 1. The number of hydrogen-bond acceptors (Lipinski definition) is 2. The van der Waals surface area contributed by atoms with E-state index < -0.39 is 0 Å². The molecule has 0 aromatic heterocycles. The summed E-state index contributed by atoms with van der Waals surface area (Å²) in [5.74, 6) is 0.455. The van der Waals surface area contributed by atoms with Crippen molar-refractivity contribution in [3.8, 4) is 0 Å². The lowest BCUT2D eigenvalue weighted by atomic mass is 9.92. The van der Waals surface area contributed by atoms with Crippen LogP contribution in [-0.2, 0) is 11.2 Å². The van der Waals surface area contributed by atoms with Crippen LogP contribution in [-0.4, -0.2) is 35.1 Å². The monoisotopic (exact) mass is 295 g/mol. The minimum absolute atomic E-state index is 0.125. The Hall–Kier alpha value is -1.06. The van der Waals surface area contributed by atoms with Crippen LogP contribution >= 0.6 is 11.6 Å². The number of aliphatic hydroxyl groups is 1. The number of benzene rings is 1. The number of carbonyl (C=O) groups is 1. The molecule has 0 saturated carbocycles. The maximum Gasteiger partial charge on any atom is 0.227 e. The van der Waals surface area contributed by atoms with Crippen LogP contribution in [0, 0.1) is 12.8 Å². The summed E-state index contributed by atoms with van der Waals surface area (Å²) in [7, 11) is 0. The number of aliphatic hydroxyl groups excluding tert-OH is 1. The Balaban J connectivity index is 2.01. The van der Waals surface area contributed by atoms with Gasteiger partial charge in [0.15, 0.2) is 0 Å². The van der Waals surface area contributed by atoms with Crippen LogP contribution in [0.1, 0.15) is 30.9 Å². The summed E-state index contributed by atoms with van der Waals surface area (Å²) in [6.07, 6.45) is 2.12. The molecule has 1 aliphatic rings. The van der Waals surface area contributed by atoms with Crippen LogP contribution in [0.5, 0.6) is 0 Å². The smallest absolute Gasteiger partial charge is 0.227 e. The molecule has 2 rings (SSSR count). The van der Waals surface area contributed by atoms with Gasteiger partial charge < -0.3 is 10.0 Å². The maximum atomic E-state index is 12.4. The predicted octanol–water partition coefficient (Wildman–Crippen LogP) is 2.81. The highest BCUT2D eigenvalue weighted by Crippen LogP contribution is 2.24. The zero-order chi connectivity index (χ0) is 14.7. The Bertz CT molecular complexity index is 489. The lowest BCUT2D eigenvalue weighted by Gasteiger charge is -2.37. The summed E-state index contributed by atoms with van der Waals surface area (Å²) in [5.41, 5.74) is 1.99. The SMILES string of the molecule is Cc1ccc(CC(=O)N2CC[C@H](CO)C[C@@H]2C)c(Cl)c1. The van der Waals surface area contributed by atoms with Crippen LogP contribution in [0.15, 0.2) is 18.2 Å². The largest absolute Gasteiger partial charge is 0.396 e. The fourth-order valence-corrected chi connectivity index (χ4v) is 3.17. The van der Waals surface area contributed by atoms with E-state index in [-0.39, 0.29) is 18.6 Å². The molecule has 1 aliphatic heterocycles. The number of nitrogens with zero attached hydrogens (tertiary/aromatic N) is 1. The molecule has 1 N–H and O–H groups in total. The molecule has 0 radical (unpaired) electrons. The predicted molar refractivity (Wildman–Crippen MR) is 80.9 cm³/mol. The molecule has 1 fully saturated rings. The number of amides is 1. The van der Waals surface area contributed by atoms with Gasteiger partial charge in [-0.3, -0.25) is 4.79 Å². The molecule has 110 valence electrons. The Morgan fingerprint density at radius 1 is 1.50 bits per heavy atom. The van der Waals surface area contributed by atoms with Gasteiger partial charge in [0.25, 0.3) is 0 Å². The summed E-state index contributed by atoms with van der Waals surface area (Å²) in [6.45, 7) is 4.99. The van der Waals surface area contributed by atoms with E-state index >= 15 is 0 Å². The van der Waals surface area contributed by atoms with Crippen LogP contribution in [0.4, 0.5) is 0 Å². The van der Waals surface area contributed by atoms with Crippen molar-refractivity contribution in [2.24, 2.45) is 5.92 Å². The Labute approximate surface area is 125 Å². The molecule has 1 aromatic carbocycles. The first-order chi connectivity index (χ1) is 9.51. The maximum absolute atomic E-state index is 12.4. The van der Waals surface area contributed by atoms with Gasteiger partial charge in [-0.2, -0.15) is 0 Å². The fraction of sp³-hybridized carbons (Fsp3) is 0.562. The van der Waals surface area contributed by atoms with Gasteiger partial charge in [0, 0.05) is 24.2 Å². The molecule has 0 aliphatic carbocycles. The number of aryl methyl sites for hydroxylation is 1. The minimum Gasteiger partial charge on any atom is -0.396 e. The number of piperidine rings is 1. The van der Waals surface area contributed by atoms with Gasteiger partial charge in [0.1, 0.15) is 0 Å². The molecular weight excluding hydrogens is 274 g/mol. The molecule has 4 heteroatoms. The van der Waals surface area contributed by atoms with E-state index in [1.165, 1.54) is 0 Å². The van der Waals surface area contributed by atoms with Crippen LogP contribution in [0.25, 0.3) is 0 Å². The van der Waals surface area contributed by atoms with Crippen molar-refractivity contribution in [2.75, 3.05) is 13.2 Å². The van der Waals surface area contributed by atoms with Gasteiger partial charge in [0.2, 0.25) is 5.91 Å². The van der Waals surface area contributed by atoms with Crippen molar-refractivity contribution in [2.45, 2.75) is 39.2 Å². The van der Waals surface area contributed by atoms with Crippen molar-refractivity contribution in [1.29, 1.82) is 0 Å². The van der Waals surface area contributed by atoms with Gasteiger partial charge in [-0.05, 0) is 49.8 Å². The summed E-state index contributed by atoms with van der Waals surface area (Å²) in [6, 6.07) is 6.00. The van der Waals surface area contributed by atoms with Crippen molar-refractivity contribution in [3.63, 3.8) is 0 Å². The molecule has 0 spiro atoms. The van der Waals surface area contributed by atoms with E-state index in [4.69, 9.17) is 11.6 Å². The van der Waals surface area contributed by atoms with Gasteiger partial charge in [0.05, 0.1) is 6.42 Å². The van der Waals surface area contributed by atoms with Crippen molar-refractivity contribution in [3.05, 3.63) is 34.3 Å². The molecular formula is C16H22ClNO2. The molecule has 1 amide bonds. The standard InChI is InChI=1S/C16H22ClNO2/c1-11-3-4-14(15(17)7-11)9-16(20)18-6-5-13(10-19)8-12(18)2/h3-4,7,12-13,19H,5-6,8-10H2,1-2H3/t12-,13-/m0/s1. The van der Waals surface area contributed by atoms with E-state index in [2.05, 4.69) is 6.92 Å². The molecule has 0 bridgehead atoms. The third-order valence-electron chi connectivity index (χ3n) is 4.11. The fourth-order valence-electron chi connectivity index (χ4n) is 2.87. The Morgan fingerprint density at radius 3 is 2.85 bits per heavy atom. The lowest BCUT2D eigenvalue weighted by Crippen LogP contribution is -2.45. The Kier molecular flexibility index (Phi) is 5.06. The summed E-state index contributed by atoms with van der Waals surface area (Å²) in [4.78, 5) is 14.3. The highest BCUT2D eigenvalue weighted by Gasteiger charge is 2.28. The van der Waals surface area contributed by atoms with Crippen molar-refractivity contribution < 1.29 is 9.90 Å². The normalized spacial score (nSPS) is 22.9. The zero-order valence-electron chi connectivity index (χ0n) is 12.1. The van der Waals surface area contributed by atoms with E-state index in [9.17, 15) is 9.90 Å². The van der Waals surface area contributed by atoms with E-state index in [0.717, 1.165) is 30.5 Å². The second-order valence-electron chi connectivity index (χ2n) is 5.78. The van der Waals surface area contributed by atoms with E-state index in [1.807, 2.05) is 30.0 Å².